The Morgan fingerprint density at radius 1 is 1.12 bits per heavy atom. The monoisotopic (exact) mass is 248 g/mol. The van der Waals surface area contributed by atoms with Crippen LogP contribution in [0.25, 0.3) is 0 Å². The number of hydrogen-bond donors (Lipinski definition) is 1. The Balaban J connectivity index is 2.32. The lowest BCUT2D eigenvalue weighted by atomic mass is 10.2. The molecule has 0 aliphatic rings. The summed E-state index contributed by atoms with van der Waals surface area (Å²) in [6.45, 7) is 1.92. The van der Waals surface area contributed by atoms with E-state index >= 15 is 0 Å². The highest BCUT2D eigenvalue weighted by molar-refractivity contribution is 6.32. The van der Waals surface area contributed by atoms with Gasteiger partial charge < -0.3 is 9.84 Å². The molecule has 0 aromatic heterocycles. The molecule has 1 N–H and O–H groups in total. The predicted octanol–water partition coefficient (Wildman–Crippen LogP) is 3.93. The first kappa shape index (κ1) is 12.0. The first-order valence-electron chi connectivity index (χ1n) is 5.33. The fraction of sp³-hybridized carbons (Fsp3) is 0.143. The molecule has 2 aromatic rings. The molecule has 0 heterocycles. The lowest BCUT2D eigenvalue weighted by Crippen LogP contribution is -1.92. The third-order valence-electron chi connectivity index (χ3n) is 2.46. The van der Waals surface area contributed by atoms with Crippen molar-refractivity contribution in [1.29, 1.82) is 0 Å². The molecular formula is C14H13ClO2. The molecule has 88 valence electrons. The smallest absolute Gasteiger partial charge is 0.151 e. The van der Waals surface area contributed by atoms with E-state index in [1.807, 2.05) is 31.2 Å². The molecule has 2 aromatic carbocycles. The van der Waals surface area contributed by atoms with Gasteiger partial charge in [0.15, 0.2) is 5.75 Å². The van der Waals surface area contributed by atoms with E-state index in [-0.39, 0.29) is 6.61 Å². The van der Waals surface area contributed by atoms with Crippen molar-refractivity contribution in [3.8, 4) is 11.5 Å². The summed E-state index contributed by atoms with van der Waals surface area (Å²) in [6.07, 6.45) is 0. The van der Waals surface area contributed by atoms with E-state index in [4.69, 9.17) is 16.3 Å². The summed E-state index contributed by atoms with van der Waals surface area (Å²) in [5.41, 5.74) is 1.84. The Kier molecular flexibility index (Phi) is 3.67. The van der Waals surface area contributed by atoms with Gasteiger partial charge in [-0.1, -0.05) is 41.4 Å². The normalized spacial score (nSPS) is 10.3. The second-order valence-electron chi connectivity index (χ2n) is 3.80. The molecule has 0 amide bonds. The molecule has 0 fully saturated rings. The van der Waals surface area contributed by atoms with Gasteiger partial charge in [-0.05, 0) is 25.1 Å². The maximum atomic E-state index is 9.23. The quantitative estimate of drug-likeness (QED) is 0.892. The molecule has 0 atom stereocenters. The minimum Gasteiger partial charge on any atom is -0.455 e. The molecule has 0 spiro atoms. The van der Waals surface area contributed by atoms with Crippen LogP contribution in [-0.4, -0.2) is 5.11 Å². The van der Waals surface area contributed by atoms with Crippen molar-refractivity contribution < 1.29 is 9.84 Å². The van der Waals surface area contributed by atoms with Crippen LogP contribution in [0.1, 0.15) is 11.1 Å². The van der Waals surface area contributed by atoms with E-state index in [2.05, 4.69) is 0 Å². The van der Waals surface area contributed by atoms with Gasteiger partial charge in [0, 0.05) is 5.56 Å². The highest BCUT2D eigenvalue weighted by Crippen LogP contribution is 2.32. The van der Waals surface area contributed by atoms with E-state index in [0.717, 1.165) is 0 Å². The number of aryl methyl sites for hydroxylation is 1. The molecule has 0 saturated heterocycles. The topological polar surface area (TPSA) is 29.5 Å². The van der Waals surface area contributed by atoms with Crippen LogP contribution in [0.2, 0.25) is 5.02 Å². The summed E-state index contributed by atoms with van der Waals surface area (Å²) in [7, 11) is 0. The summed E-state index contributed by atoms with van der Waals surface area (Å²) < 4.78 is 5.69. The number of benzene rings is 2. The average molecular weight is 249 g/mol. The van der Waals surface area contributed by atoms with E-state index in [1.165, 1.54) is 5.56 Å². The Labute approximate surface area is 105 Å². The zero-order valence-corrected chi connectivity index (χ0v) is 10.2. The van der Waals surface area contributed by atoms with Crippen LogP contribution < -0.4 is 4.74 Å². The highest BCUT2D eigenvalue weighted by Gasteiger charge is 2.08. The number of rotatable bonds is 3. The van der Waals surface area contributed by atoms with E-state index in [0.29, 0.717) is 22.1 Å². The predicted molar refractivity (Wildman–Crippen MR) is 68.6 cm³/mol. The lowest BCUT2D eigenvalue weighted by molar-refractivity contribution is 0.276. The fourth-order valence-electron chi connectivity index (χ4n) is 1.52. The molecule has 3 heteroatoms. The zero-order chi connectivity index (χ0) is 12.3. The maximum Gasteiger partial charge on any atom is 0.151 e. The number of aliphatic hydroxyl groups excluding tert-OH is 1. The van der Waals surface area contributed by atoms with Crippen molar-refractivity contribution in [2.24, 2.45) is 0 Å². The summed E-state index contributed by atoms with van der Waals surface area (Å²) in [6, 6.07) is 13.0. The van der Waals surface area contributed by atoms with Crippen LogP contribution in [0.15, 0.2) is 42.5 Å². The van der Waals surface area contributed by atoms with E-state index in [9.17, 15) is 5.11 Å². The van der Waals surface area contributed by atoms with Gasteiger partial charge in [-0.3, -0.25) is 0 Å². The summed E-state index contributed by atoms with van der Waals surface area (Å²) in [4.78, 5) is 0. The SMILES string of the molecule is Cc1ccc(Oc2c(Cl)cccc2CO)cc1. The molecule has 0 aliphatic heterocycles. The van der Waals surface area contributed by atoms with Gasteiger partial charge in [0.25, 0.3) is 0 Å². The standard InChI is InChI=1S/C14H13ClO2/c1-10-5-7-12(8-6-10)17-14-11(9-16)3-2-4-13(14)15/h2-8,16H,9H2,1H3. The minimum absolute atomic E-state index is 0.0955. The number of ether oxygens (including phenoxy) is 1. The second-order valence-corrected chi connectivity index (χ2v) is 4.21. The van der Waals surface area contributed by atoms with Crippen LogP contribution in [0, 0.1) is 6.92 Å². The van der Waals surface area contributed by atoms with Gasteiger partial charge in [0.05, 0.1) is 11.6 Å². The van der Waals surface area contributed by atoms with Crippen molar-refractivity contribution in [3.63, 3.8) is 0 Å². The molecule has 0 bridgehead atoms. The lowest BCUT2D eigenvalue weighted by Gasteiger charge is -2.11. The Morgan fingerprint density at radius 3 is 2.47 bits per heavy atom. The second kappa shape index (κ2) is 5.21. The fourth-order valence-corrected chi connectivity index (χ4v) is 1.75. The van der Waals surface area contributed by atoms with Crippen LogP contribution >= 0.6 is 11.6 Å². The zero-order valence-electron chi connectivity index (χ0n) is 9.48. The molecule has 17 heavy (non-hydrogen) atoms. The molecule has 0 aliphatic carbocycles. The summed E-state index contributed by atoms with van der Waals surface area (Å²) in [5.74, 6) is 1.22. The van der Waals surface area contributed by atoms with Crippen LogP contribution in [0.4, 0.5) is 0 Å². The molecule has 0 radical (unpaired) electrons. The van der Waals surface area contributed by atoms with E-state index in [1.54, 1.807) is 18.2 Å². The maximum absolute atomic E-state index is 9.23. The van der Waals surface area contributed by atoms with Crippen molar-refractivity contribution in [2.45, 2.75) is 13.5 Å². The van der Waals surface area contributed by atoms with Gasteiger partial charge in [-0.25, -0.2) is 0 Å². The van der Waals surface area contributed by atoms with Crippen LogP contribution in [0.3, 0.4) is 0 Å². The molecule has 2 rings (SSSR count). The van der Waals surface area contributed by atoms with Crippen LogP contribution in [-0.2, 0) is 6.61 Å². The molecule has 0 saturated carbocycles. The first-order valence-corrected chi connectivity index (χ1v) is 5.71. The minimum atomic E-state index is -0.0955. The highest BCUT2D eigenvalue weighted by atomic mass is 35.5. The Bertz CT molecular complexity index is 506. The van der Waals surface area contributed by atoms with Gasteiger partial charge in [-0.15, -0.1) is 0 Å². The van der Waals surface area contributed by atoms with Gasteiger partial charge in [0.1, 0.15) is 5.75 Å². The van der Waals surface area contributed by atoms with Crippen molar-refractivity contribution in [3.05, 3.63) is 58.6 Å². The molecular weight excluding hydrogens is 236 g/mol. The Morgan fingerprint density at radius 2 is 1.82 bits per heavy atom. The van der Waals surface area contributed by atoms with Crippen molar-refractivity contribution in [2.75, 3.05) is 0 Å². The van der Waals surface area contributed by atoms with Crippen LogP contribution in [0.5, 0.6) is 11.5 Å². The summed E-state index contributed by atoms with van der Waals surface area (Å²) in [5, 5.41) is 9.72. The average Bonchev–Trinajstić information content (AvgIpc) is 2.34. The number of aliphatic hydroxyl groups is 1. The van der Waals surface area contributed by atoms with E-state index < -0.39 is 0 Å². The van der Waals surface area contributed by atoms with Gasteiger partial charge in [-0.2, -0.15) is 0 Å². The van der Waals surface area contributed by atoms with Crippen molar-refractivity contribution in [1.82, 2.24) is 0 Å². The number of halogens is 1. The largest absolute Gasteiger partial charge is 0.455 e. The third-order valence-corrected chi connectivity index (χ3v) is 2.76. The van der Waals surface area contributed by atoms with Crippen molar-refractivity contribution >= 4 is 11.6 Å². The third kappa shape index (κ3) is 2.78. The molecule has 0 unspecified atom stereocenters. The van der Waals surface area contributed by atoms with Gasteiger partial charge >= 0.3 is 0 Å². The number of para-hydroxylation sites is 1. The summed E-state index contributed by atoms with van der Waals surface area (Å²) >= 11 is 6.05. The molecule has 2 nitrogen and oxygen atoms in total. The van der Waals surface area contributed by atoms with Gasteiger partial charge in [0.2, 0.25) is 0 Å². The first-order chi connectivity index (χ1) is 8.20. The number of hydrogen-bond acceptors (Lipinski definition) is 2. The Hall–Kier alpha value is -1.51.